The first-order valence-electron chi connectivity index (χ1n) is 12.0. The van der Waals surface area contributed by atoms with Crippen LogP contribution < -0.4 is 4.90 Å². The number of likely N-dealkylation sites (tertiary alicyclic amines) is 2. The van der Waals surface area contributed by atoms with E-state index in [2.05, 4.69) is 30.5 Å². The summed E-state index contributed by atoms with van der Waals surface area (Å²) in [5.41, 5.74) is 2.57. The lowest BCUT2D eigenvalue weighted by atomic mass is 9.88. The van der Waals surface area contributed by atoms with Crippen LogP contribution in [-0.2, 0) is 4.74 Å². The Morgan fingerprint density at radius 1 is 1.12 bits per heavy atom. The van der Waals surface area contributed by atoms with Crippen molar-refractivity contribution in [2.75, 3.05) is 37.6 Å². The number of carbonyl (C=O) groups is 2. The monoisotopic (exact) mass is 439 g/mol. The van der Waals surface area contributed by atoms with E-state index in [0.717, 1.165) is 50.1 Å². The number of nitrogens with zero attached hydrogens (tertiary/aromatic N) is 3. The fourth-order valence-electron chi connectivity index (χ4n) is 5.30. The van der Waals surface area contributed by atoms with Gasteiger partial charge in [0.2, 0.25) is 0 Å². The summed E-state index contributed by atoms with van der Waals surface area (Å²) in [6.07, 6.45) is 4.69. The topological polar surface area (TPSA) is 53.1 Å². The van der Waals surface area contributed by atoms with E-state index in [9.17, 15) is 9.59 Å². The lowest BCUT2D eigenvalue weighted by Crippen LogP contribution is -2.49. The molecule has 2 saturated heterocycles. The van der Waals surface area contributed by atoms with Gasteiger partial charge >= 0.3 is 6.09 Å². The van der Waals surface area contributed by atoms with Gasteiger partial charge in [0.1, 0.15) is 5.60 Å². The highest BCUT2D eigenvalue weighted by Gasteiger charge is 2.43. The first-order chi connectivity index (χ1) is 15.2. The minimum Gasteiger partial charge on any atom is -0.444 e. The van der Waals surface area contributed by atoms with Crippen LogP contribution in [0.1, 0.15) is 68.8 Å². The minimum absolute atomic E-state index is 0.123. The van der Waals surface area contributed by atoms with Crippen LogP contribution in [0.4, 0.5) is 10.5 Å². The van der Waals surface area contributed by atoms with Gasteiger partial charge in [0, 0.05) is 55.9 Å². The van der Waals surface area contributed by atoms with Crippen LogP contribution in [0.15, 0.2) is 30.9 Å². The fraction of sp³-hybridized carbons (Fsp3) is 0.615. The van der Waals surface area contributed by atoms with Crippen molar-refractivity contribution >= 4 is 17.7 Å². The van der Waals surface area contributed by atoms with Crippen LogP contribution >= 0.6 is 0 Å². The zero-order valence-electron chi connectivity index (χ0n) is 20.0. The van der Waals surface area contributed by atoms with Gasteiger partial charge in [-0.25, -0.2) is 4.79 Å². The van der Waals surface area contributed by atoms with Crippen LogP contribution in [0.5, 0.6) is 0 Å². The molecule has 6 nitrogen and oxygen atoms in total. The molecule has 0 aliphatic carbocycles. The van der Waals surface area contributed by atoms with Crippen molar-refractivity contribution in [1.29, 1.82) is 0 Å². The maximum atomic E-state index is 13.2. The molecule has 2 fully saturated rings. The van der Waals surface area contributed by atoms with E-state index in [4.69, 9.17) is 4.74 Å². The van der Waals surface area contributed by atoms with Crippen LogP contribution in [-0.4, -0.2) is 66.2 Å². The van der Waals surface area contributed by atoms with Crippen molar-refractivity contribution in [3.8, 4) is 0 Å². The SMILES string of the molecule is C=CCN1c2ccc(C(=O)N3CCC(C)CC3)cc2C2CN(C(=O)OC(C)(C)C)CCC21. The van der Waals surface area contributed by atoms with E-state index >= 15 is 0 Å². The molecule has 0 radical (unpaired) electrons. The summed E-state index contributed by atoms with van der Waals surface area (Å²) in [6.45, 7) is 15.6. The Kier molecular flexibility index (Phi) is 6.24. The predicted molar refractivity (Wildman–Crippen MR) is 127 cm³/mol. The maximum absolute atomic E-state index is 13.2. The van der Waals surface area contributed by atoms with Crippen molar-refractivity contribution in [2.24, 2.45) is 5.92 Å². The van der Waals surface area contributed by atoms with Crippen molar-refractivity contribution < 1.29 is 14.3 Å². The Balaban J connectivity index is 1.58. The number of hydrogen-bond donors (Lipinski definition) is 0. The molecule has 32 heavy (non-hydrogen) atoms. The average molecular weight is 440 g/mol. The standard InChI is InChI=1S/C26H37N3O3/c1-6-12-29-22-8-7-19(24(30)27-13-9-18(2)10-14-27)16-20(22)21-17-28(15-11-23(21)29)25(31)32-26(3,4)5/h6-8,16,18,21,23H,1,9-15,17H2,2-5H3. The molecule has 6 heteroatoms. The molecular weight excluding hydrogens is 402 g/mol. The molecule has 0 N–H and O–H groups in total. The highest BCUT2D eigenvalue weighted by Crippen LogP contribution is 2.45. The number of ether oxygens (including phenoxy) is 1. The molecular formula is C26H37N3O3. The average Bonchev–Trinajstić information content (AvgIpc) is 3.05. The molecule has 3 aliphatic heterocycles. The lowest BCUT2D eigenvalue weighted by molar-refractivity contribution is 0.0189. The Morgan fingerprint density at radius 2 is 1.81 bits per heavy atom. The number of rotatable bonds is 3. The number of piperidine rings is 2. The van der Waals surface area contributed by atoms with Crippen molar-refractivity contribution in [2.45, 2.75) is 64.5 Å². The molecule has 1 aromatic carbocycles. The van der Waals surface area contributed by atoms with Crippen molar-refractivity contribution in [3.63, 3.8) is 0 Å². The van der Waals surface area contributed by atoms with E-state index in [1.807, 2.05) is 42.7 Å². The van der Waals surface area contributed by atoms with Gasteiger partial charge in [-0.2, -0.15) is 0 Å². The van der Waals surface area contributed by atoms with Gasteiger partial charge in [-0.15, -0.1) is 6.58 Å². The molecule has 174 valence electrons. The van der Waals surface area contributed by atoms with Gasteiger partial charge < -0.3 is 19.4 Å². The van der Waals surface area contributed by atoms with Crippen LogP contribution in [0.2, 0.25) is 0 Å². The van der Waals surface area contributed by atoms with E-state index in [-0.39, 0.29) is 17.9 Å². The zero-order valence-corrected chi connectivity index (χ0v) is 20.0. The molecule has 2 unspecified atom stereocenters. The summed E-state index contributed by atoms with van der Waals surface area (Å²) in [7, 11) is 0. The van der Waals surface area contributed by atoms with Gasteiger partial charge in [0.15, 0.2) is 0 Å². The molecule has 3 heterocycles. The van der Waals surface area contributed by atoms with Gasteiger partial charge in [0.05, 0.1) is 0 Å². The molecule has 2 atom stereocenters. The first-order valence-corrected chi connectivity index (χ1v) is 12.0. The smallest absolute Gasteiger partial charge is 0.410 e. The second kappa shape index (κ2) is 8.80. The number of anilines is 1. The number of amides is 2. The Hall–Kier alpha value is -2.50. The van der Waals surface area contributed by atoms with Crippen molar-refractivity contribution in [1.82, 2.24) is 9.80 Å². The summed E-state index contributed by atoms with van der Waals surface area (Å²) in [4.78, 5) is 32.2. The van der Waals surface area contributed by atoms with Crippen LogP contribution in [0.3, 0.4) is 0 Å². The molecule has 0 bridgehead atoms. The second-order valence-electron chi connectivity index (χ2n) is 10.6. The molecule has 0 aromatic heterocycles. The molecule has 2 amide bonds. The van der Waals surface area contributed by atoms with E-state index in [0.29, 0.717) is 25.0 Å². The molecule has 0 spiro atoms. The maximum Gasteiger partial charge on any atom is 0.410 e. The Labute approximate surface area is 192 Å². The second-order valence-corrected chi connectivity index (χ2v) is 10.6. The third-order valence-corrected chi connectivity index (χ3v) is 7.01. The summed E-state index contributed by atoms with van der Waals surface area (Å²) < 4.78 is 5.63. The van der Waals surface area contributed by atoms with Crippen LogP contribution in [0.25, 0.3) is 0 Å². The predicted octanol–water partition coefficient (Wildman–Crippen LogP) is 4.66. The molecule has 3 aliphatic rings. The van der Waals surface area contributed by atoms with E-state index in [1.54, 1.807) is 0 Å². The van der Waals surface area contributed by atoms with Crippen molar-refractivity contribution in [3.05, 3.63) is 42.0 Å². The fourth-order valence-corrected chi connectivity index (χ4v) is 5.30. The first kappa shape index (κ1) is 22.7. The van der Waals surface area contributed by atoms with Gasteiger partial charge in [0.25, 0.3) is 5.91 Å². The van der Waals surface area contributed by atoms with E-state index < -0.39 is 5.60 Å². The number of carbonyl (C=O) groups excluding carboxylic acids is 2. The normalized spacial score (nSPS) is 23.6. The third-order valence-electron chi connectivity index (χ3n) is 7.01. The minimum atomic E-state index is -0.512. The third kappa shape index (κ3) is 4.50. The highest BCUT2D eigenvalue weighted by atomic mass is 16.6. The highest BCUT2D eigenvalue weighted by molar-refractivity contribution is 5.95. The Morgan fingerprint density at radius 3 is 2.47 bits per heavy atom. The van der Waals surface area contributed by atoms with E-state index in [1.165, 1.54) is 5.56 Å². The van der Waals surface area contributed by atoms with Gasteiger partial charge in [-0.3, -0.25) is 4.79 Å². The Bertz CT molecular complexity index is 883. The summed E-state index contributed by atoms with van der Waals surface area (Å²) in [5, 5.41) is 0. The number of benzene rings is 1. The molecule has 1 aromatic rings. The van der Waals surface area contributed by atoms with Gasteiger partial charge in [-0.05, 0) is 69.7 Å². The summed E-state index contributed by atoms with van der Waals surface area (Å²) in [6, 6.07) is 6.45. The number of hydrogen-bond acceptors (Lipinski definition) is 4. The van der Waals surface area contributed by atoms with Gasteiger partial charge in [-0.1, -0.05) is 13.0 Å². The molecule has 4 rings (SSSR count). The molecule has 0 saturated carbocycles. The number of fused-ring (bicyclic) bond motifs is 3. The largest absolute Gasteiger partial charge is 0.444 e. The quantitative estimate of drug-likeness (QED) is 0.643. The summed E-state index contributed by atoms with van der Waals surface area (Å²) in [5.74, 6) is 0.979. The zero-order chi connectivity index (χ0) is 23.0. The van der Waals surface area contributed by atoms with Crippen LogP contribution in [0, 0.1) is 5.92 Å². The lowest BCUT2D eigenvalue weighted by Gasteiger charge is -2.39. The summed E-state index contributed by atoms with van der Waals surface area (Å²) >= 11 is 0.